The van der Waals surface area contributed by atoms with Gasteiger partial charge in [-0.1, -0.05) is 44.6 Å². The zero-order chi connectivity index (χ0) is 62.1. The van der Waals surface area contributed by atoms with Gasteiger partial charge in [0.25, 0.3) is 17.5 Å². The number of H-pyrrole nitrogens is 1. The number of hydrogen-bond donors (Lipinski definition) is 3. The number of aromatic amines is 1. The van der Waals surface area contributed by atoms with E-state index in [1.54, 1.807) is 20.1 Å². The molecule has 3 amide bonds. The highest BCUT2D eigenvalue weighted by Crippen LogP contribution is 2.68. The largest absolute Gasteiger partial charge is 0.496 e. The van der Waals surface area contributed by atoms with E-state index in [0.29, 0.717) is 113 Å². The third-order valence-corrected chi connectivity index (χ3v) is 20.5. The predicted molar refractivity (Wildman–Crippen MR) is 322 cm³/mol. The molecule has 21 heteroatoms. The Morgan fingerprint density at radius 1 is 0.931 bits per heavy atom. The van der Waals surface area contributed by atoms with E-state index >= 15 is 0 Å². The number of piperidine rings is 1. The second-order valence-corrected chi connectivity index (χ2v) is 25.4. The van der Waals surface area contributed by atoms with Crippen LogP contribution < -0.4 is 9.64 Å². The Balaban J connectivity index is 0.944. The second-order valence-electron chi connectivity index (χ2n) is 25.4. The van der Waals surface area contributed by atoms with Crippen molar-refractivity contribution in [2.75, 3.05) is 64.9 Å². The number of ether oxygens (including phenoxy) is 3. The molecule has 10 atom stereocenters. The maximum Gasteiger partial charge on any atom is 0.344 e. The Labute approximate surface area is 504 Å². The molecule has 21 nitrogen and oxygen atoms in total. The van der Waals surface area contributed by atoms with E-state index in [9.17, 15) is 53.9 Å². The number of amides is 3. The number of aliphatic hydroxyl groups is 2. The van der Waals surface area contributed by atoms with Crippen LogP contribution in [0, 0.1) is 21.4 Å². The van der Waals surface area contributed by atoms with Crippen LogP contribution in [0.15, 0.2) is 77.8 Å². The first-order valence-corrected chi connectivity index (χ1v) is 30.4. The minimum Gasteiger partial charge on any atom is -0.496 e. The average molecular weight is 1190 g/mol. The van der Waals surface area contributed by atoms with Crippen molar-refractivity contribution in [1.82, 2.24) is 19.7 Å². The van der Waals surface area contributed by atoms with Gasteiger partial charge in [-0.2, -0.15) is 0 Å². The third kappa shape index (κ3) is 10.0. The number of esters is 2. The number of benzene rings is 3. The molecule has 3 aromatic carbocycles. The minimum absolute atomic E-state index is 0.00545. The number of aromatic nitrogens is 1. The van der Waals surface area contributed by atoms with Gasteiger partial charge in [-0.05, 0) is 124 Å². The normalized spacial score (nSPS) is 29.8. The molecule has 1 saturated carbocycles. The number of nitrogens with one attached hydrogen (secondary N) is 1. The van der Waals surface area contributed by atoms with Gasteiger partial charge in [0.15, 0.2) is 11.9 Å². The number of rotatable bonds is 20. The smallest absolute Gasteiger partial charge is 0.344 e. The van der Waals surface area contributed by atoms with E-state index in [4.69, 9.17) is 19.2 Å². The monoisotopic (exact) mass is 1190 g/mol. The van der Waals surface area contributed by atoms with Crippen LogP contribution in [0.3, 0.4) is 0 Å². The highest BCUT2D eigenvalue weighted by molar-refractivity contribution is 6.13. The van der Waals surface area contributed by atoms with Gasteiger partial charge in [0.05, 0.1) is 42.0 Å². The molecular formula is C66H77N7O14. The van der Waals surface area contributed by atoms with Crippen molar-refractivity contribution in [2.24, 2.45) is 16.3 Å². The lowest BCUT2D eigenvalue weighted by molar-refractivity contribution is -0.385. The minimum atomic E-state index is -2.54. The molecule has 1 spiro atoms. The van der Waals surface area contributed by atoms with Crippen LogP contribution in [0.4, 0.5) is 11.4 Å². The van der Waals surface area contributed by atoms with Gasteiger partial charge in [0, 0.05) is 127 Å². The fourth-order valence-corrected chi connectivity index (χ4v) is 16.7. The van der Waals surface area contributed by atoms with Crippen molar-refractivity contribution in [3.05, 3.63) is 122 Å². The van der Waals surface area contributed by atoms with Crippen molar-refractivity contribution in [3.63, 3.8) is 0 Å². The van der Waals surface area contributed by atoms with Crippen molar-refractivity contribution in [3.8, 4) is 5.75 Å². The van der Waals surface area contributed by atoms with Gasteiger partial charge in [-0.15, -0.1) is 0 Å². The summed E-state index contributed by atoms with van der Waals surface area (Å²) >= 11 is 0. The van der Waals surface area contributed by atoms with E-state index in [1.807, 2.05) is 50.3 Å². The molecule has 2 bridgehead atoms. The zero-order valence-electron chi connectivity index (χ0n) is 50.5. The fraction of sp³-hybridized carbons (Fsp3) is 0.515. The van der Waals surface area contributed by atoms with Crippen LogP contribution in [0.5, 0.6) is 5.75 Å². The van der Waals surface area contributed by atoms with Gasteiger partial charge < -0.3 is 34.3 Å². The Bertz CT molecular complexity index is 3610. The van der Waals surface area contributed by atoms with Gasteiger partial charge in [0.2, 0.25) is 12.0 Å². The maximum absolute atomic E-state index is 14.6. The number of fused-ring (bicyclic) bond motifs is 6. The third-order valence-electron chi connectivity index (χ3n) is 20.5. The van der Waals surface area contributed by atoms with E-state index in [-0.39, 0.29) is 55.0 Å². The number of carbonyl (C=O) groups is 7. The van der Waals surface area contributed by atoms with Gasteiger partial charge in [-0.3, -0.25) is 58.6 Å². The summed E-state index contributed by atoms with van der Waals surface area (Å²) in [6, 6.07) is 12.4. The summed E-state index contributed by atoms with van der Waals surface area (Å²) in [5, 5.41) is 39.0. The van der Waals surface area contributed by atoms with Crippen LogP contribution in [0.25, 0.3) is 10.9 Å². The SMILES string of the molecule is CC[C@]1(O)C[C@H]2CN(CCc3c([nH]c4ccc(C(C)=NCC(=O)c5ccc(CC(=O)CCCCCN6C(=O)C=CC6=O)cc5[N+](=O)[O-])cc34)[C@@](C)(c3cc4c(cc3OC)N(C=O)[C@H]3[C@@](O)(C(=O)OC)[C@H](OC(C)=O)[C@]5(CC)C=CCN6CC[C@]43[C@@H]65)C2)C1. The number of methoxy groups -OCH3 is 2. The molecular weight excluding hydrogens is 1110 g/mol. The lowest BCUT2D eigenvalue weighted by Crippen LogP contribution is -2.81. The number of nitro benzene ring substituents is 1. The summed E-state index contributed by atoms with van der Waals surface area (Å²) in [6.07, 6.45) is 10.5. The van der Waals surface area contributed by atoms with Gasteiger partial charge >= 0.3 is 11.9 Å². The number of carbonyl (C=O) groups excluding carboxylic acids is 7. The van der Waals surface area contributed by atoms with Gasteiger partial charge in [0.1, 0.15) is 18.1 Å². The van der Waals surface area contributed by atoms with Crippen LogP contribution in [0.2, 0.25) is 0 Å². The van der Waals surface area contributed by atoms with Crippen LogP contribution in [-0.2, 0) is 61.9 Å². The number of nitrogens with zero attached hydrogens (tertiary/aromatic N) is 6. The standard InChI is InChI=1S/C66H77N7O14/c1-8-63(81)34-42-33-62(5,49-31-48-52(32-54(49)85-6)72(38-74)59-65(48)23-27-70-24-13-22-64(9-2,58(65)70)60(87-40(4)75)66(59,82)61(80)86-7)57-45(21-26-69(36-42)37-63)47-30-43(16-18-50(47)68-57)39(3)67-35-53(77)46-17-15-41(29-51(46)73(83)84)28-44(76)14-11-10-12-25-71-55(78)19-20-56(71)79/h13,15-20,22,29-32,38,42,58-60,68,81-82H,8-12,14,21,23-28,33-37H2,1-7H3/t42-,58-,59+,60+,62+,63-,64+,65+,66-/m0/s1. The Hall–Kier alpha value is -7.72. The first-order valence-electron chi connectivity index (χ1n) is 30.4. The topological polar surface area (TPSA) is 272 Å². The van der Waals surface area contributed by atoms with Gasteiger partial charge in [-0.25, -0.2) is 4.79 Å². The molecule has 460 valence electrons. The number of hydrogen-bond acceptors (Lipinski definition) is 17. The lowest BCUT2D eigenvalue weighted by atomic mass is 9.47. The fourth-order valence-electron chi connectivity index (χ4n) is 16.7. The number of unbranched alkanes of at least 4 members (excludes halogenated alkanes) is 2. The number of imide groups is 1. The molecule has 0 radical (unpaired) electrons. The maximum atomic E-state index is 14.6. The van der Waals surface area contributed by atoms with Crippen molar-refractivity contribution in [1.29, 1.82) is 0 Å². The van der Waals surface area contributed by atoms with Crippen LogP contribution in [-0.4, -0.2) is 172 Å². The summed E-state index contributed by atoms with van der Waals surface area (Å²) in [6.45, 7) is 12.1. The number of Topliss-reactive ketones (excluding diaryl/α,β-unsaturated/α-hetero) is 2. The second kappa shape index (κ2) is 23.1. The lowest BCUT2D eigenvalue weighted by Gasteiger charge is -2.63. The number of anilines is 1. The van der Waals surface area contributed by atoms with E-state index in [0.717, 1.165) is 50.3 Å². The Kier molecular flexibility index (Phi) is 16.2. The summed E-state index contributed by atoms with van der Waals surface area (Å²) in [5.74, 6) is -2.67. The summed E-state index contributed by atoms with van der Waals surface area (Å²) in [4.78, 5) is 120. The quantitative estimate of drug-likeness (QED) is 0.00973. The Morgan fingerprint density at radius 2 is 1.70 bits per heavy atom. The van der Waals surface area contributed by atoms with Crippen molar-refractivity contribution < 1.29 is 62.9 Å². The molecule has 6 aliphatic heterocycles. The summed E-state index contributed by atoms with van der Waals surface area (Å²) < 4.78 is 18.1. The highest BCUT2D eigenvalue weighted by atomic mass is 16.6. The van der Waals surface area contributed by atoms with Crippen LogP contribution in [0.1, 0.15) is 136 Å². The van der Waals surface area contributed by atoms with Crippen molar-refractivity contribution in [2.45, 2.75) is 145 Å². The molecule has 7 aliphatic rings. The van der Waals surface area contributed by atoms with E-state index in [1.165, 1.54) is 43.2 Å². The number of aliphatic imine (C=N–C) groups is 1. The molecule has 1 aliphatic carbocycles. The predicted octanol–water partition coefficient (Wildman–Crippen LogP) is 6.56. The molecule has 3 fully saturated rings. The molecule has 11 rings (SSSR count). The molecule has 3 N–H and O–H groups in total. The highest BCUT2D eigenvalue weighted by Gasteiger charge is 2.81. The average Bonchev–Trinajstić information content (AvgIpc) is 1.54. The first kappa shape index (κ1) is 60.9. The number of nitro groups is 1. The van der Waals surface area contributed by atoms with Crippen LogP contribution >= 0.6 is 0 Å². The summed E-state index contributed by atoms with van der Waals surface area (Å²) in [5.41, 5.74) is -0.702. The molecule has 1 aromatic heterocycles. The molecule has 7 heterocycles. The molecule has 4 aromatic rings. The van der Waals surface area contributed by atoms with E-state index in [2.05, 4.69) is 27.8 Å². The van der Waals surface area contributed by atoms with Crippen molar-refractivity contribution >= 4 is 69.7 Å². The first-order chi connectivity index (χ1) is 41.5. The summed E-state index contributed by atoms with van der Waals surface area (Å²) in [7, 11) is 2.76. The Morgan fingerprint density at radius 3 is 2.39 bits per heavy atom. The molecule has 2 saturated heterocycles. The zero-order valence-corrected chi connectivity index (χ0v) is 50.5. The molecule has 87 heavy (non-hydrogen) atoms. The van der Waals surface area contributed by atoms with E-state index < -0.39 is 74.0 Å². The number of ketones is 2. The molecule has 1 unspecified atom stereocenters.